The second kappa shape index (κ2) is 9.16. The summed E-state index contributed by atoms with van der Waals surface area (Å²) in [6.45, 7) is 5.13. The molecule has 150 valence electrons. The minimum Gasteiger partial charge on any atom is -0.372 e. The van der Waals surface area contributed by atoms with Gasteiger partial charge in [-0.25, -0.2) is 4.98 Å². The van der Waals surface area contributed by atoms with Crippen LogP contribution < -0.4 is 16.0 Å². The zero-order chi connectivity index (χ0) is 20.8. The van der Waals surface area contributed by atoms with Gasteiger partial charge in [0.25, 0.3) is 0 Å². The number of carbonyl (C=O) groups is 1. The van der Waals surface area contributed by atoms with E-state index in [1.807, 2.05) is 63.6 Å². The van der Waals surface area contributed by atoms with Crippen LogP contribution in [0.3, 0.4) is 0 Å². The maximum atomic E-state index is 11.6. The Morgan fingerprint density at radius 1 is 1.14 bits per heavy atom. The molecular weight excluding hydrogens is 364 g/mol. The van der Waals surface area contributed by atoms with Gasteiger partial charge in [-0.05, 0) is 55.6 Å². The number of likely N-dealkylation sites (N-methyl/N-ethyl adjacent to an activating group) is 1. The third-order valence-corrected chi connectivity index (χ3v) is 4.42. The zero-order valence-electron chi connectivity index (χ0n) is 17.0. The van der Waals surface area contributed by atoms with E-state index in [9.17, 15) is 4.79 Å². The fourth-order valence-electron chi connectivity index (χ4n) is 2.94. The molecule has 0 unspecified atom stereocenters. The van der Waals surface area contributed by atoms with Crippen LogP contribution in [0, 0.1) is 0 Å². The summed E-state index contributed by atoms with van der Waals surface area (Å²) in [5.74, 6) is 1.13. The van der Waals surface area contributed by atoms with Crippen molar-refractivity contribution in [2.24, 2.45) is 0 Å². The van der Waals surface area contributed by atoms with E-state index >= 15 is 0 Å². The van der Waals surface area contributed by atoms with E-state index < -0.39 is 0 Å². The van der Waals surface area contributed by atoms with Crippen molar-refractivity contribution < 1.29 is 4.79 Å². The molecule has 3 aromatic rings. The highest BCUT2D eigenvalue weighted by Gasteiger charge is 2.09. The summed E-state index contributed by atoms with van der Waals surface area (Å²) in [7, 11) is 5.91. The second-order valence-corrected chi connectivity index (χ2v) is 6.88. The lowest BCUT2D eigenvalue weighted by Gasteiger charge is -2.13. The molecule has 3 N–H and O–H groups in total. The SMILES string of the molecule is C=CC(=O)Nc1cccc(-c2ccc3c(NC)nc(NCCN(C)C)nc3c2)c1. The lowest BCUT2D eigenvalue weighted by molar-refractivity contribution is -0.111. The van der Waals surface area contributed by atoms with E-state index in [4.69, 9.17) is 0 Å². The van der Waals surface area contributed by atoms with Gasteiger partial charge in [-0.1, -0.05) is 24.8 Å². The highest BCUT2D eigenvalue weighted by atomic mass is 16.1. The predicted octanol–water partition coefficient (Wildman–Crippen LogP) is 3.44. The highest BCUT2D eigenvalue weighted by Crippen LogP contribution is 2.29. The molecule has 2 aromatic carbocycles. The number of hydrogen-bond acceptors (Lipinski definition) is 6. The quantitative estimate of drug-likeness (QED) is 0.511. The monoisotopic (exact) mass is 390 g/mol. The number of rotatable bonds is 8. The van der Waals surface area contributed by atoms with E-state index in [2.05, 4.69) is 37.4 Å². The van der Waals surface area contributed by atoms with Crippen molar-refractivity contribution in [3.05, 3.63) is 55.1 Å². The van der Waals surface area contributed by atoms with Crippen LogP contribution in [0.4, 0.5) is 17.5 Å². The maximum absolute atomic E-state index is 11.6. The van der Waals surface area contributed by atoms with Crippen molar-refractivity contribution in [1.82, 2.24) is 14.9 Å². The van der Waals surface area contributed by atoms with Gasteiger partial charge in [-0.3, -0.25) is 4.79 Å². The fraction of sp³-hybridized carbons (Fsp3) is 0.227. The minimum absolute atomic E-state index is 0.236. The predicted molar refractivity (Wildman–Crippen MR) is 120 cm³/mol. The number of anilines is 3. The van der Waals surface area contributed by atoms with E-state index in [-0.39, 0.29) is 5.91 Å². The summed E-state index contributed by atoms with van der Waals surface area (Å²) in [5, 5.41) is 10.2. The first kappa shape index (κ1) is 20.3. The zero-order valence-corrected chi connectivity index (χ0v) is 17.0. The largest absolute Gasteiger partial charge is 0.372 e. The fourth-order valence-corrected chi connectivity index (χ4v) is 2.94. The van der Waals surface area contributed by atoms with Crippen molar-refractivity contribution in [1.29, 1.82) is 0 Å². The van der Waals surface area contributed by atoms with Gasteiger partial charge in [0.1, 0.15) is 5.82 Å². The third kappa shape index (κ3) is 5.08. The van der Waals surface area contributed by atoms with Gasteiger partial charge < -0.3 is 20.9 Å². The number of benzene rings is 2. The van der Waals surface area contributed by atoms with Crippen LogP contribution in [-0.2, 0) is 4.79 Å². The van der Waals surface area contributed by atoms with Gasteiger partial charge in [-0.15, -0.1) is 0 Å². The molecule has 0 bridgehead atoms. The molecule has 7 heteroatoms. The maximum Gasteiger partial charge on any atom is 0.247 e. The Labute approximate surface area is 170 Å². The summed E-state index contributed by atoms with van der Waals surface area (Å²) in [6.07, 6.45) is 1.25. The molecule has 3 rings (SSSR count). The second-order valence-electron chi connectivity index (χ2n) is 6.88. The lowest BCUT2D eigenvalue weighted by atomic mass is 10.0. The normalized spacial score (nSPS) is 10.8. The topological polar surface area (TPSA) is 82.2 Å². The van der Waals surface area contributed by atoms with E-state index in [1.54, 1.807) is 0 Å². The van der Waals surface area contributed by atoms with Crippen LogP contribution in [-0.4, -0.2) is 55.0 Å². The summed E-state index contributed by atoms with van der Waals surface area (Å²) >= 11 is 0. The molecule has 1 heterocycles. The van der Waals surface area contributed by atoms with Gasteiger partial charge in [-0.2, -0.15) is 4.98 Å². The van der Waals surface area contributed by atoms with Crippen LogP contribution in [0.2, 0.25) is 0 Å². The van der Waals surface area contributed by atoms with Crippen LogP contribution in [0.25, 0.3) is 22.0 Å². The van der Waals surface area contributed by atoms with Crippen molar-refractivity contribution >= 4 is 34.3 Å². The Hall–Kier alpha value is -3.45. The average Bonchev–Trinajstić information content (AvgIpc) is 2.72. The van der Waals surface area contributed by atoms with Crippen LogP contribution in [0.5, 0.6) is 0 Å². The Kier molecular flexibility index (Phi) is 6.41. The number of fused-ring (bicyclic) bond motifs is 1. The van der Waals surface area contributed by atoms with Crippen molar-refractivity contribution in [2.75, 3.05) is 50.2 Å². The van der Waals surface area contributed by atoms with Crippen molar-refractivity contribution in [3.8, 4) is 11.1 Å². The Morgan fingerprint density at radius 2 is 1.93 bits per heavy atom. The highest BCUT2D eigenvalue weighted by molar-refractivity contribution is 5.99. The van der Waals surface area contributed by atoms with Crippen molar-refractivity contribution in [3.63, 3.8) is 0 Å². The average molecular weight is 390 g/mol. The molecule has 0 aliphatic carbocycles. The van der Waals surface area contributed by atoms with E-state index in [0.29, 0.717) is 5.95 Å². The molecule has 0 aliphatic rings. The molecule has 29 heavy (non-hydrogen) atoms. The van der Waals surface area contributed by atoms with Gasteiger partial charge in [0.15, 0.2) is 0 Å². The molecule has 0 spiro atoms. The molecule has 0 aliphatic heterocycles. The molecule has 0 radical (unpaired) electrons. The summed E-state index contributed by atoms with van der Waals surface area (Å²) in [5.41, 5.74) is 3.56. The van der Waals surface area contributed by atoms with Crippen LogP contribution in [0.1, 0.15) is 0 Å². The molecule has 0 saturated heterocycles. The first-order chi connectivity index (χ1) is 14.0. The van der Waals surface area contributed by atoms with E-state index in [1.165, 1.54) is 6.08 Å². The Balaban J connectivity index is 1.95. The number of amides is 1. The standard InChI is InChI=1S/C22H26N6O/c1-5-20(29)25-17-8-6-7-15(13-17)16-9-10-18-19(14-16)26-22(27-21(18)23-2)24-11-12-28(3)4/h5-10,13-14H,1,11-12H2,2-4H3,(H,25,29)(H2,23,24,26,27). The summed E-state index contributed by atoms with van der Waals surface area (Å²) < 4.78 is 0. The van der Waals surface area contributed by atoms with Gasteiger partial charge in [0.2, 0.25) is 11.9 Å². The molecule has 0 atom stereocenters. The number of nitrogens with one attached hydrogen (secondary N) is 3. The molecule has 1 amide bonds. The Bertz CT molecular complexity index is 1030. The molecular formula is C22H26N6O. The number of hydrogen-bond donors (Lipinski definition) is 3. The van der Waals surface area contributed by atoms with Gasteiger partial charge in [0, 0.05) is 31.2 Å². The van der Waals surface area contributed by atoms with E-state index in [0.717, 1.165) is 46.6 Å². The summed E-state index contributed by atoms with van der Waals surface area (Å²) in [6, 6.07) is 13.8. The van der Waals surface area contributed by atoms with Gasteiger partial charge in [0.05, 0.1) is 5.52 Å². The number of carbonyl (C=O) groups excluding carboxylic acids is 1. The smallest absolute Gasteiger partial charge is 0.247 e. The van der Waals surface area contributed by atoms with Crippen LogP contribution in [0.15, 0.2) is 55.1 Å². The molecule has 7 nitrogen and oxygen atoms in total. The van der Waals surface area contributed by atoms with Crippen molar-refractivity contribution in [2.45, 2.75) is 0 Å². The molecule has 0 fully saturated rings. The summed E-state index contributed by atoms with van der Waals surface area (Å²) in [4.78, 5) is 22.9. The lowest BCUT2D eigenvalue weighted by Crippen LogP contribution is -2.21. The molecule has 0 saturated carbocycles. The van der Waals surface area contributed by atoms with Crippen LogP contribution >= 0.6 is 0 Å². The minimum atomic E-state index is -0.236. The van der Waals surface area contributed by atoms with Gasteiger partial charge >= 0.3 is 0 Å². The Morgan fingerprint density at radius 3 is 2.66 bits per heavy atom. The third-order valence-electron chi connectivity index (χ3n) is 4.42. The number of nitrogens with zero attached hydrogens (tertiary/aromatic N) is 3. The molecule has 1 aromatic heterocycles. The first-order valence-electron chi connectivity index (χ1n) is 9.42. The first-order valence-corrected chi connectivity index (χ1v) is 9.42. The number of aromatic nitrogens is 2.